The minimum Gasteiger partial charge on any atom is -0.491 e. The maximum atomic E-state index is 12.3. The summed E-state index contributed by atoms with van der Waals surface area (Å²) in [4.78, 5) is 12.3. The van der Waals surface area contributed by atoms with Gasteiger partial charge in [0.2, 0.25) is 0 Å². The number of ether oxygens (including phenoxy) is 1. The third kappa shape index (κ3) is 2.92. The van der Waals surface area contributed by atoms with Gasteiger partial charge < -0.3 is 4.74 Å². The van der Waals surface area contributed by atoms with E-state index in [0.717, 1.165) is 29.7 Å². The second kappa shape index (κ2) is 5.55. The molecule has 0 radical (unpaired) electrons. The van der Waals surface area contributed by atoms with Crippen molar-refractivity contribution < 1.29 is 9.53 Å². The predicted molar refractivity (Wildman–Crippen MR) is 73.2 cm³/mol. The first-order valence-electron chi connectivity index (χ1n) is 6.89. The van der Waals surface area contributed by atoms with Crippen LogP contribution in [0.5, 0.6) is 5.75 Å². The molecule has 2 rings (SSSR count). The van der Waals surface area contributed by atoms with Crippen molar-refractivity contribution in [2.75, 3.05) is 0 Å². The van der Waals surface area contributed by atoms with Gasteiger partial charge in [-0.05, 0) is 57.4 Å². The summed E-state index contributed by atoms with van der Waals surface area (Å²) in [5.74, 6) is 1.45. The lowest BCUT2D eigenvalue weighted by atomic mass is 9.95. The molecule has 0 aliphatic heterocycles. The minimum absolute atomic E-state index is 0.167. The summed E-state index contributed by atoms with van der Waals surface area (Å²) >= 11 is 0. The Kier molecular flexibility index (Phi) is 4.05. The molecule has 1 aliphatic carbocycles. The van der Waals surface area contributed by atoms with Crippen molar-refractivity contribution >= 4 is 5.78 Å². The molecule has 0 saturated heterocycles. The molecule has 0 bridgehead atoms. The van der Waals surface area contributed by atoms with Gasteiger partial charge in [-0.2, -0.15) is 0 Å². The largest absolute Gasteiger partial charge is 0.491 e. The Hall–Kier alpha value is -1.31. The SMILES string of the molecule is Cc1cc(C(=O)C2CCCC2)ccc1OC(C)C. The van der Waals surface area contributed by atoms with Crippen LogP contribution in [0.15, 0.2) is 18.2 Å². The number of benzene rings is 1. The molecule has 0 aromatic heterocycles. The van der Waals surface area contributed by atoms with Gasteiger partial charge in [0.05, 0.1) is 6.10 Å². The standard InChI is InChI=1S/C16H22O2/c1-11(2)18-15-9-8-14(10-12(15)3)16(17)13-6-4-5-7-13/h8-11,13H,4-7H2,1-3H3. The Morgan fingerprint density at radius 1 is 1.28 bits per heavy atom. The highest BCUT2D eigenvalue weighted by molar-refractivity contribution is 5.98. The topological polar surface area (TPSA) is 26.3 Å². The van der Waals surface area contributed by atoms with Gasteiger partial charge in [0, 0.05) is 11.5 Å². The molecule has 0 amide bonds. The summed E-state index contributed by atoms with van der Waals surface area (Å²) in [6, 6.07) is 5.81. The molecule has 0 N–H and O–H groups in total. The molecule has 1 aliphatic rings. The third-order valence-corrected chi connectivity index (χ3v) is 3.55. The summed E-state index contributed by atoms with van der Waals surface area (Å²) in [5, 5.41) is 0. The zero-order chi connectivity index (χ0) is 13.1. The van der Waals surface area contributed by atoms with Gasteiger partial charge in [-0.1, -0.05) is 12.8 Å². The normalized spacial score (nSPS) is 16.2. The van der Waals surface area contributed by atoms with E-state index in [1.165, 1.54) is 12.8 Å². The van der Waals surface area contributed by atoms with E-state index in [4.69, 9.17) is 4.74 Å². The second-order valence-corrected chi connectivity index (χ2v) is 5.49. The van der Waals surface area contributed by atoms with Gasteiger partial charge in [-0.15, -0.1) is 0 Å². The molecule has 1 aromatic carbocycles. The van der Waals surface area contributed by atoms with Crippen LogP contribution >= 0.6 is 0 Å². The maximum Gasteiger partial charge on any atom is 0.165 e. The van der Waals surface area contributed by atoms with Crippen molar-refractivity contribution in [3.8, 4) is 5.75 Å². The molecule has 98 valence electrons. The first kappa shape index (κ1) is 13.1. The molecule has 0 atom stereocenters. The Bertz CT molecular complexity index is 429. The molecule has 1 fully saturated rings. The van der Waals surface area contributed by atoms with Crippen LogP contribution < -0.4 is 4.74 Å². The minimum atomic E-state index is 0.167. The van der Waals surface area contributed by atoms with Crippen molar-refractivity contribution in [3.05, 3.63) is 29.3 Å². The van der Waals surface area contributed by atoms with Crippen LogP contribution in [0, 0.1) is 12.8 Å². The average Bonchev–Trinajstić information content (AvgIpc) is 2.84. The molecule has 0 heterocycles. The fourth-order valence-corrected chi connectivity index (χ4v) is 2.61. The van der Waals surface area contributed by atoms with Gasteiger partial charge in [-0.3, -0.25) is 4.79 Å². The first-order valence-corrected chi connectivity index (χ1v) is 6.89. The highest BCUT2D eigenvalue weighted by Crippen LogP contribution is 2.29. The Morgan fingerprint density at radius 3 is 2.50 bits per heavy atom. The lowest BCUT2D eigenvalue weighted by molar-refractivity contribution is 0.0922. The van der Waals surface area contributed by atoms with Crippen LogP contribution in [-0.2, 0) is 0 Å². The van der Waals surface area contributed by atoms with Crippen molar-refractivity contribution in [1.82, 2.24) is 0 Å². The van der Waals surface area contributed by atoms with E-state index < -0.39 is 0 Å². The molecule has 1 saturated carbocycles. The summed E-state index contributed by atoms with van der Waals surface area (Å²) < 4.78 is 5.69. The Labute approximate surface area is 109 Å². The van der Waals surface area contributed by atoms with E-state index in [0.29, 0.717) is 5.78 Å². The predicted octanol–water partition coefficient (Wildman–Crippen LogP) is 4.16. The quantitative estimate of drug-likeness (QED) is 0.746. The number of rotatable bonds is 4. The third-order valence-electron chi connectivity index (χ3n) is 3.55. The molecular formula is C16H22O2. The van der Waals surface area contributed by atoms with E-state index in [-0.39, 0.29) is 12.0 Å². The second-order valence-electron chi connectivity index (χ2n) is 5.49. The Morgan fingerprint density at radius 2 is 1.94 bits per heavy atom. The lowest BCUT2D eigenvalue weighted by Crippen LogP contribution is -2.12. The fraction of sp³-hybridized carbons (Fsp3) is 0.562. The molecular weight excluding hydrogens is 224 g/mol. The summed E-state index contributed by atoms with van der Waals surface area (Å²) in [6.45, 7) is 6.03. The smallest absolute Gasteiger partial charge is 0.165 e. The zero-order valence-corrected chi connectivity index (χ0v) is 11.5. The van der Waals surface area contributed by atoms with Gasteiger partial charge in [0.1, 0.15) is 5.75 Å². The monoisotopic (exact) mass is 246 g/mol. The van der Waals surface area contributed by atoms with E-state index >= 15 is 0 Å². The van der Waals surface area contributed by atoms with Crippen molar-refractivity contribution in [3.63, 3.8) is 0 Å². The lowest BCUT2D eigenvalue weighted by Gasteiger charge is -2.14. The summed E-state index contributed by atoms with van der Waals surface area (Å²) in [7, 11) is 0. The van der Waals surface area contributed by atoms with Gasteiger partial charge in [-0.25, -0.2) is 0 Å². The number of ketones is 1. The summed E-state index contributed by atoms with van der Waals surface area (Å²) in [5.41, 5.74) is 1.89. The fourth-order valence-electron chi connectivity index (χ4n) is 2.61. The maximum absolute atomic E-state index is 12.3. The number of hydrogen-bond acceptors (Lipinski definition) is 2. The van der Waals surface area contributed by atoms with Crippen molar-refractivity contribution in [2.24, 2.45) is 5.92 Å². The average molecular weight is 246 g/mol. The first-order chi connectivity index (χ1) is 8.58. The van der Waals surface area contributed by atoms with E-state index in [2.05, 4.69) is 0 Å². The van der Waals surface area contributed by atoms with Crippen LogP contribution in [0.3, 0.4) is 0 Å². The molecule has 18 heavy (non-hydrogen) atoms. The zero-order valence-electron chi connectivity index (χ0n) is 11.5. The highest BCUT2D eigenvalue weighted by atomic mass is 16.5. The molecule has 2 heteroatoms. The molecule has 1 aromatic rings. The number of carbonyl (C=O) groups excluding carboxylic acids is 1. The number of hydrogen-bond donors (Lipinski definition) is 0. The number of carbonyl (C=O) groups is 1. The van der Waals surface area contributed by atoms with Crippen LogP contribution in [-0.4, -0.2) is 11.9 Å². The number of Topliss-reactive ketones (excluding diaryl/α,β-unsaturated/α-hetero) is 1. The molecule has 0 spiro atoms. The van der Waals surface area contributed by atoms with E-state index in [9.17, 15) is 4.79 Å². The van der Waals surface area contributed by atoms with Crippen LogP contribution in [0.1, 0.15) is 55.5 Å². The van der Waals surface area contributed by atoms with Gasteiger partial charge in [0.25, 0.3) is 0 Å². The van der Waals surface area contributed by atoms with E-state index in [1.54, 1.807) is 0 Å². The van der Waals surface area contributed by atoms with Crippen molar-refractivity contribution in [2.45, 2.75) is 52.6 Å². The van der Waals surface area contributed by atoms with Crippen molar-refractivity contribution in [1.29, 1.82) is 0 Å². The van der Waals surface area contributed by atoms with Crippen LogP contribution in [0.4, 0.5) is 0 Å². The van der Waals surface area contributed by atoms with E-state index in [1.807, 2.05) is 39.0 Å². The van der Waals surface area contributed by atoms with Gasteiger partial charge >= 0.3 is 0 Å². The molecule has 0 unspecified atom stereocenters. The van der Waals surface area contributed by atoms with Crippen LogP contribution in [0.25, 0.3) is 0 Å². The molecule has 2 nitrogen and oxygen atoms in total. The summed E-state index contributed by atoms with van der Waals surface area (Å²) in [6.07, 6.45) is 4.68. The highest BCUT2D eigenvalue weighted by Gasteiger charge is 2.24. The van der Waals surface area contributed by atoms with Gasteiger partial charge in [0.15, 0.2) is 5.78 Å². The van der Waals surface area contributed by atoms with Crippen LogP contribution in [0.2, 0.25) is 0 Å². The Balaban J connectivity index is 2.15. The number of aryl methyl sites for hydroxylation is 1.